The first-order chi connectivity index (χ1) is 12.4. The van der Waals surface area contributed by atoms with Crippen LogP contribution < -0.4 is 0 Å². The maximum atomic E-state index is 13.3. The van der Waals surface area contributed by atoms with Crippen LogP contribution >= 0.6 is 0 Å². The van der Waals surface area contributed by atoms with E-state index < -0.39 is 9.84 Å². The zero-order chi connectivity index (χ0) is 20.6. The smallest absolute Gasteiger partial charge is 0.213 e. The highest BCUT2D eigenvalue weighted by Crippen LogP contribution is 2.39. The van der Waals surface area contributed by atoms with Gasteiger partial charge in [-0.2, -0.15) is 0 Å². The molecule has 27 heavy (non-hydrogen) atoms. The number of rotatable bonds is 6. The molecule has 0 saturated carbocycles. The van der Waals surface area contributed by atoms with Gasteiger partial charge in [-0.25, -0.2) is 8.42 Å². The van der Waals surface area contributed by atoms with Crippen LogP contribution in [-0.2, 0) is 20.7 Å². The van der Waals surface area contributed by atoms with E-state index in [1.54, 1.807) is 12.1 Å². The van der Waals surface area contributed by atoms with Crippen LogP contribution in [0.2, 0.25) is 0 Å². The molecule has 0 radical (unpaired) electrons. The van der Waals surface area contributed by atoms with Crippen LogP contribution in [0.1, 0.15) is 65.5 Å². The average molecular weight is 391 g/mol. The van der Waals surface area contributed by atoms with Gasteiger partial charge in [-0.3, -0.25) is 0 Å². The summed E-state index contributed by atoms with van der Waals surface area (Å²) in [5.41, 5.74) is 1.19. The van der Waals surface area contributed by atoms with Crippen molar-refractivity contribution in [3.05, 3.63) is 47.5 Å². The third kappa shape index (κ3) is 3.98. The van der Waals surface area contributed by atoms with E-state index in [9.17, 15) is 18.6 Å². The highest BCUT2D eigenvalue weighted by Gasteiger charge is 2.29. The number of hydrogen-bond acceptors (Lipinski definition) is 4. The molecule has 4 nitrogen and oxygen atoms in total. The van der Waals surface area contributed by atoms with Crippen LogP contribution in [0.3, 0.4) is 0 Å². The molecule has 0 spiro atoms. The Morgan fingerprint density at radius 2 is 1.07 bits per heavy atom. The molecule has 0 saturated heterocycles. The molecule has 2 N–H and O–H groups in total. The first-order valence-electron chi connectivity index (χ1n) is 9.29. The minimum absolute atomic E-state index is 0.178. The predicted octanol–water partition coefficient (Wildman–Crippen LogP) is 5.31. The fourth-order valence-electron chi connectivity index (χ4n) is 2.83. The lowest BCUT2D eigenvalue weighted by Crippen LogP contribution is -2.17. The molecule has 0 atom stereocenters. The Morgan fingerprint density at radius 3 is 1.37 bits per heavy atom. The monoisotopic (exact) mass is 390 g/mol. The molecule has 0 unspecified atom stereocenters. The Hall–Kier alpha value is -2.01. The first kappa shape index (κ1) is 21.3. The van der Waals surface area contributed by atoms with E-state index in [1.807, 2.05) is 41.5 Å². The number of benzene rings is 2. The Kier molecular flexibility index (Phi) is 5.67. The van der Waals surface area contributed by atoms with Crippen molar-refractivity contribution in [1.29, 1.82) is 0 Å². The van der Waals surface area contributed by atoms with Crippen molar-refractivity contribution in [2.24, 2.45) is 0 Å². The van der Waals surface area contributed by atoms with Crippen LogP contribution in [0.25, 0.3) is 0 Å². The van der Waals surface area contributed by atoms with Gasteiger partial charge in [0.2, 0.25) is 9.84 Å². The van der Waals surface area contributed by atoms with Gasteiger partial charge in [-0.05, 0) is 59.1 Å². The number of phenols is 2. The van der Waals surface area contributed by atoms with E-state index >= 15 is 0 Å². The van der Waals surface area contributed by atoms with Gasteiger partial charge in [0.25, 0.3) is 0 Å². The molecule has 2 aromatic carbocycles. The van der Waals surface area contributed by atoms with Crippen molar-refractivity contribution in [3.63, 3.8) is 0 Å². The summed E-state index contributed by atoms with van der Waals surface area (Å²) in [6, 6.07) is 9.35. The van der Waals surface area contributed by atoms with Gasteiger partial charge in [0.05, 0.1) is 0 Å². The minimum Gasteiger partial charge on any atom is -0.507 e. The van der Waals surface area contributed by atoms with Crippen LogP contribution in [0, 0.1) is 0 Å². The number of aromatic hydroxyl groups is 2. The van der Waals surface area contributed by atoms with Gasteiger partial charge in [0.1, 0.15) is 21.3 Å². The van der Waals surface area contributed by atoms with E-state index in [4.69, 9.17) is 0 Å². The fraction of sp³-hybridized carbons (Fsp3) is 0.455. The van der Waals surface area contributed by atoms with Gasteiger partial charge >= 0.3 is 0 Å². The molecule has 148 valence electrons. The second-order valence-electron chi connectivity index (χ2n) is 8.34. The second-order valence-corrected chi connectivity index (χ2v) is 10.2. The maximum absolute atomic E-state index is 13.3. The van der Waals surface area contributed by atoms with Crippen LogP contribution in [0.4, 0.5) is 0 Å². The van der Waals surface area contributed by atoms with Gasteiger partial charge in [-0.15, -0.1) is 0 Å². The van der Waals surface area contributed by atoms with E-state index in [0.29, 0.717) is 0 Å². The minimum atomic E-state index is -4.08. The third-order valence-electron chi connectivity index (χ3n) is 5.83. The average Bonchev–Trinajstić information content (AvgIpc) is 2.61. The normalized spacial score (nSPS) is 13.0. The zero-order valence-electron chi connectivity index (χ0n) is 17.0. The van der Waals surface area contributed by atoms with E-state index in [-0.39, 0.29) is 32.1 Å². The number of phenolic OH excluding ortho intramolecular Hbond substituents is 2. The van der Waals surface area contributed by atoms with Crippen molar-refractivity contribution in [2.45, 2.75) is 75.0 Å². The van der Waals surface area contributed by atoms with Gasteiger partial charge in [0, 0.05) is 0 Å². The van der Waals surface area contributed by atoms with Gasteiger partial charge in [0.15, 0.2) is 0 Å². The fourth-order valence-corrected chi connectivity index (χ4v) is 4.32. The molecule has 0 aliphatic carbocycles. The van der Waals surface area contributed by atoms with Crippen molar-refractivity contribution in [1.82, 2.24) is 0 Å². The molecule has 0 heterocycles. The van der Waals surface area contributed by atoms with E-state index in [0.717, 1.165) is 24.0 Å². The highest BCUT2D eigenvalue weighted by atomic mass is 32.2. The summed E-state index contributed by atoms with van der Waals surface area (Å²) in [4.78, 5) is -0.355. The quantitative estimate of drug-likeness (QED) is 0.701. The van der Waals surface area contributed by atoms with Gasteiger partial charge < -0.3 is 10.2 Å². The van der Waals surface area contributed by atoms with Crippen molar-refractivity contribution in [3.8, 4) is 11.5 Å². The Labute approximate surface area is 162 Å². The molecule has 0 amide bonds. The summed E-state index contributed by atoms with van der Waals surface area (Å²) in [7, 11) is -4.08. The summed E-state index contributed by atoms with van der Waals surface area (Å²) >= 11 is 0. The van der Waals surface area contributed by atoms with Crippen LogP contribution in [0.15, 0.2) is 46.2 Å². The van der Waals surface area contributed by atoms with Crippen molar-refractivity contribution >= 4 is 9.84 Å². The molecule has 0 aliphatic heterocycles. The Balaban J connectivity index is 2.70. The Morgan fingerprint density at radius 1 is 0.741 bits per heavy atom. The van der Waals surface area contributed by atoms with Gasteiger partial charge in [-0.1, -0.05) is 53.7 Å². The van der Waals surface area contributed by atoms with Crippen molar-refractivity contribution < 1.29 is 18.6 Å². The zero-order valence-corrected chi connectivity index (χ0v) is 17.8. The largest absolute Gasteiger partial charge is 0.507 e. The SMILES string of the molecule is CCC(C)(C)c1ccc(O)c(S(=O)(=O)c2cc(C(C)(C)CC)ccc2O)c1. The third-order valence-corrected chi connectivity index (χ3v) is 7.64. The molecular formula is C22H30O4S. The van der Waals surface area contributed by atoms with Crippen molar-refractivity contribution in [2.75, 3.05) is 0 Å². The summed E-state index contributed by atoms with van der Waals surface area (Å²) < 4.78 is 26.6. The maximum Gasteiger partial charge on any atom is 0.213 e. The summed E-state index contributed by atoms with van der Waals surface area (Å²) in [6.07, 6.45) is 1.64. The highest BCUT2D eigenvalue weighted by molar-refractivity contribution is 7.91. The molecule has 0 aromatic heterocycles. The molecule has 2 rings (SSSR count). The number of hydrogen-bond donors (Lipinski definition) is 2. The molecule has 0 fully saturated rings. The lowest BCUT2D eigenvalue weighted by Gasteiger charge is -2.25. The molecule has 0 bridgehead atoms. The van der Waals surface area contributed by atoms with E-state index in [1.165, 1.54) is 24.3 Å². The molecule has 0 aliphatic rings. The lowest BCUT2D eigenvalue weighted by atomic mass is 9.82. The summed E-state index contributed by atoms with van der Waals surface area (Å²) in [6.45, 7) is 12.2. The number of sulfone groups is 1. The summed E-state index contributed by atoms with van der Waals surface area (Å²) in [5, 5.41) is 20.6. The standard InChI is InChI=1S/C22H30O4S/c1-7-21(3,4)15-9-11-17(23)19(13-15)27(25,26)20-14-16(10-12-18(20)24)22(5,6)8-2/h9-14,23-24H,7-8H2,1-6H3. The second kappa shape index (κ2) is 7.19. The first-order valence-corrected chi connectivity index (χ1v) is 10.8. The summed E-state index contributed by atoms with van der Waals surface area (Å²) in [5.74, 6) is -0.629. The topological polar surface area (TPSA) is 74.6 Å². The molecule has 2 aromatic rings. The molecular weight excluding hydrogens is 360 g/mol. The van der Waals surface area contributed by atoms with Crippen LogP contribution in [0.5, 0.6) is 11.5 Å². The molecule has 5 heteroatoms. The van der Waals surface area contributed by atoms with Crippen LogP contribution in [-0.4, -0.2) is 18.6 Å². The predicted molar refractivity (Wildman–Crippen MR) is 108 cm³/mol. The Bertz CT molecular complexity index is 869. The lowest BCUT2D eigenvalue weighted by molar-refractivity contribution is 0.448. The van der Waals surface area contributed by atoms with E-state index in [2.05, 4.69) is 0 Å².